The Bertz CT molecular complexity index is 273. The van der Waals surface area contributed by atoms with Crippen molar-refractivity contribution in [2.75, 3.05) is 33.4 Å². The first kappa shape index (κ1) is 15.4. The van der Waals surface area contributed by atoms with Crippen molar-refractivity contribution < 1.29 is 9.53 Å². The third kappa shape index (κ3) is 3.43. The molecule has 5 heteroatoms. The van der Waals surface area contributed by atoms with Gasteiger partial charge in [-0.3, -0.25) is 9.69 Å². The number of nitrogens with zero attached hydrogens (tertiary/aromatic N) is 1. The maximum atomic E-state index is 11.7. The van der Waals surface area contributed by atoms with E-state index in [1.165, 1.54) is 0 Å². The predicted octanol–water partition coefficient (Wildman–Crippen LogP) is 0.341. The van der Waals surface area contributed by atoms with Gasteiger partial charge in [-0.1, -0.05) is 13.8 Å². The first-order valence-corrected chi connectivity index (χ1v) is 6.87. The first-order valence-electron chi connectivity index (χ1n) is 6.87. The summed E-state index contributed by atoms with van der Waals surface area (Å²) in [6.45, 7) is 7.57. The van der Waals surface area contributed by atoms with E-state index < -0.39 is 5.54 Å². The minimum Gasteiger partial charge on any atom is -0.383 e. The lowest BCUT2D eigenvalue weighted by molar-refractivity contribution is -0.124. The fourth-order valence-corrected chi connectivity index (χ4v) is 2.95. The summed E-state index contributed by atoms with van der Waals surface area (Å²) in [4.78, 5) is 14.1. The molecule has 5 nitrogen and oxygen atoms in total. The molecule has 1 aliphatic rings. The molecule has 0 aromatic heterocycles. The molecule has 2 unspecified atom stereocenters. The predicted molar refractivity (Wildman–Crippen MR) is 72.4 cm³/mol. The minimum absolute atomic E-state index is 0.213. The number of nitrogens with two attached hydrogens (primary N) is 1. The van der Waals surface area contributed by atoms with Crippen LogP contribution < -0.4 is 11.1 Å². The van der Waals surface area contributed by atoms with E-state index in [1.807, 2.05) is 6.92 Å². The molecule has 1 aliphatic carbocycles. The maximum absolute atomic E-state index is 11.7. The third-order valence-electron chi connectivity index (χ3n) is 3.98. The van der Waals surface area contributed by atoms with Crippen LogP contribution in [0, 0.1) is 0 Å². The molecule has 2 atom stereocenters. The van der Waals surface area contributed by atoms with Crippen molar-refractivity contribution in [3.8, 4) is 0 Å². The van der Waals surface area contributed by atoms with E-state index in [-0.39, 0.29) is 5.91 Å². The van der Waals surface area contributed by atoms with Gasteiger partial charge >= 0.3 is 0 Å². The monoisotopic (exact) mass is 257 g/mol. The quantitative estimate of drug-likeness (QED) is 0.658. The number of hydrogen-bond acceptors (Lipinski definition) is 4. The van der Waals surface area contributed by atoms with Crippen molar-refractivity contribution in [2.24, 2.45) is 5.73 Å². The van der Waals surface area contributed by atoms with E-state index in [4.69, 9.17) is 10.5 Å². The van der Waals surface area contributed by atoms with Gasteiger partial charge in [0.05, 0.1) is 12.1 Å². The molecule has 18 heavy (non-hydrogen) atoms. The topological polar surface area (TPSA) is 67.6 Å². The van der Waals surface area contributed by atoms with Crippen LogP contribution in [0.5, 0.6) is 0 Å². The number of methoxy groups -OCH3 is 1. The Balaban J connectivity index is 2.63. The van der Waals surface area contributed by atoms with Gasteiger partial charge < -0.3 is 15.8 Å². The van der Waals surface area contributed by atoms with Gasteiger partial charge in [-0.15, -0.1) is 0 Å². The normalized spacial score (nSPS) is 27.9. The van der Waals surface area contributed by atoms with Crippen LogP contribution in [-0.2, 0) is 9.53 Å². The Morgan fingerprint density at radius 3 is 2.78 bits per heavy atom. The Kier molecular flexibility index (Phi) is 6.05. The lowest BCUT2D eigenvalue weighted by atomic mass is 9.96. The van der Waals surface area contributed by atoms with Gasteiger partial charge in [0.25, 0.3) is 0 Å². The summed E-state index contributed by atoms with van der Waals surface area (Å²) in [5.74, 6) is -0.213. The number of hydrogen-bond donors (Lipinski definition) is 2. The molecule has 1 fully saturated rings. The number of ether oxygens (including phenoxy) is 1. The number of amides is 1. The number of likely N-dealkylation sites (N-methyl/N-ethyl adjacent to an activating group) is 2. The van der Waals surface area contributed by atoms with Gasteiger partial charge in [-0.2, -0.15) is 0 Å². The van der Waals surface area contributed by atoms with Gasteiger partial charge in [0.1, 0.15) is 0 Å². The number of carbonyl (C=O) groups excluding carboxylic acids is 1. The van der Waals surface area contributed by atoms with Gasteiger partial charge in [-0.05, 0) is 32.4 Å². The number of primary amides is 1. The molecule has 0 saturated heterocycles. The van der Waals surface area contributed by atoms with E-state index in [0.29, 0.717) is 6.04 Å². The van der Waals surface area contributed by atoms with Crippen LogP contribution in [0.15, 0.2) is 0 Å². The molecular formula is C13H27N3O2. The second-order valence-corrected chi connectivity index (χ2v) is 4.99. The third-order valence-corrected chi connectivity index (χ3v) is 3.98. The minimum atomic E-state index is -0.500. The number of carbonyl (C=O) groups is 1. The lowest BCUT2D eigenvalue weighted by Gasteiger charge is -2.30. The summed E-state index contributed by atoms with van der Waals surface area (Å²) in [7, 11) is 1.72. The maximum Gasteiger partial charge on any atom is 0.237 e. The lowest BCUT2D eigenvalue weighted by Crippen LogP contribution is -2.54. The molecule has 3 N–H and O–H groups in total. The Morgan fingerprint density at radius 1 is 1.56 bits per heavy atom. The molecule has 0 aromatic rings. The highest BCUT2D eigenvalue weighted by Crippen LogP contribution is 2.32. The summed E-state index contributed by atoms with van der Waals surface area (Å²) < 4.78 is 5.13. The van der Waals surface area contributed by atoms with Gasteiger partial charge in [0.15, 0.2) is 0 Å². The number of rotatable bonds is 8. The molecule has 106 valence electrons. The largest absolute Gasteiger partial charge is 0.383 e. The standard InChI is InChI=1S/C13H27N3O2/c1-4-15-13(12(14)17)7-6-11(10-13)16(5-2)8-9-18-3/h11,15H,4-10H2,1-3H3,(H2,14,17). The molecule has 1 saturated carbocycles. The highest BCUT2D eigenvalue weighted by molar-refractivity contribution is 5.85. The Morgan fingerprint density at radius 2 is 2.28 bits per heavy atom. The van der Waals surface area contributed by atoms with Crippen molar-refractivity contribution in [1.29, 1.82) is 0 Å². The van der Waals surface area contributed by atoms with E-state index in [2.05, 4.69) is 17.1 Å². The van der Waals surface area contributed by atoms with Crippen molar-refractivity contribution in [3.05, 3.63) is 0 Å². The zero-order valence-electron chi connectivity index (χ0n) is 11.9. The second-order valence-electron chi connectivity index (χ2n) is 4.99. The molecule has 0 radical (unpaired) electrons. The van der Waals surface area contributed by atoms with Crippen LogP contribution in [-0.4, -0.2) is 55.7 Å². The van der Waals surface area contributed by atoms with Gasteiger partial charge in [-0.25, -0.2) is 0 Å². The smallest absolute Gasteiger partial charge is 0.237 e. The van der Waals surface area contributed by atoms with E-state index in [9.17, 15) is 4.79 Å². The van der Waals surface area contributed by atoms with Crippen molar-refractivity contribution >= 4 is 5.91 Å². The fourth-order valence-electron chi connectivity index (χ4n) is 2.95. The average Bonchev–Trinajstić information content (AvgIpc) is 2.76. The molecular weight excluding hydrogens is 230 g/mol. The SMILES string of the molecule is CCNC1(C(N)=O)CCC(N(CC)CCOC)C1. The second kappa shape index (κ2) is 7.07. The summed E-state index contributed by atoms with van der Waals surface area (Å²) in [6.07, 6.45) is 2.67. The summed E-state index contributed by atoms with van der Waals surface area (Å²) in [6, 6.07) is 0.428. The van der Waals surface area contributed by atoms with Crippen LogP contribution in [0.4, 0.5) is 0 Å². The van der Waals surface area contributed by atoms with Crippen molar-refractivity contribution in [1.82, 2.24) is 10.2 Å². The number of nitrogens with one attached hydrogen (secondary N) is 1. The van der Waals surface area contributed by atoms with E-state index in [1.54, 1.807) is 7.11 Å². The van der Waals surface area contributed by atoms with Gasteiger partial charge in [0, 0.05) is 19.7 Å². The van der Waals surface area contributed by atoms with Crippen molar-refractivity contribution in [3.63, 3.8) is 0 Å². The first-order chi connectivity index (χ1) is 8.59. The van der Waals surface area contributed by atoms with E-state index >= 15 is 0 Å². The average molecular weight is 257 g/mol. The summed E-state index contributed by atoms with van der Waals surface area (Å²) in [5, 5.41) is 3.29. The van der Waals surface area contributed by atoms with Gasteiger partial charge in [0.2, 0.25) is 5.91 Å². The van der Waals surface area contributed by atoms with Crippen LogP contribution >= 0.6 is 0 Å². The Labute approximate surface area is 110 Å². The molecule has 0 heterocycles. The van der Waals surface area contributed by atoms with Crippen LogP contribution in [0.1, 0.15) is 33.1 Å². The van der Waals surface area contributed by atoms with Crippen LogP contribution in [0.25, 0.3) is 0 Å². The van der Waals surface area contributed by atoms with E-state index in [0.717, 1.165) is 45.5 Å². The van der Waals surface area contributed by atoms with Crippen LogP contribution in [0.2, 0.25) is 0 Å². The molecule has 0 aromatic carbocycles. The zero-order chi connectivity index (χ0) is 13.6. The van der Waals surface area contributed by atoms with Crippen molar-refractivity contribution in [2.45, 2.75) is 44.7 Å². The van der Waals surface area contributed by atoms with Crippen LogP contribution in [0.3, 0.4) is 0 Å². The molecule has 0 bridgehead atoms. The summed E-state index contributed by atoms with van der Waals surface area (Å²) >= 11 is 0. The molecule has 1 rings (SSSR count). The molecule has 0 aliphatic heterocycles. The molecule has 0 spiro atoms. The highest BCUT2D eigenvalue weighted by Gasteiger charge is 2.44. The zero-order valence-corrected chi connectivity index (χ0v) is 11.9. The molecule has 1 amide bonds. The Hall–Kier alpha value is -0.650. The summed E-state index contributed by atoms with van der Waals surface area (Å²) in [5.41, 5.74) is 5.08. The fraction of sp³-hybridized carbons (Fsp3) is 0.923. The highest BCUT2D eigenvalue weighted by atomic mass is 16.5.